The Morgan fingerprint density at radius 2 is 2.00 bits per heavy atom. The van der Waals surface area contributed by atoms with Crippen LogP contribution < -0.4 is 4.72 Å². The first-order valence-electron chi connectivity index (χ1n) is 5.08. The maximum absolute atomic E-state index is 11.9. The monoisotopic (exact) mass is 238 g/mol. The van der Waals surface area contributed by atoms with Crippen LogP contribution in [0.5, 0.6) is 0 Å². The maximum Gasteiger partial charge on any atom is 0.240 e. The van der Waals surface area contributed by atoms with E-state index >= 15 is 0 Å². The van der Waals surface area contributed by atoms with Crippen molar-refractivity contribution in [2.75, 3.05) is 0 Å². The quantitative estimate of drug-likeness (QED) is 0.857. The fraction of sp³-hybridized carbons (Fsp3) is 0.273. The van der Waals surface area contributed by atoms with E-state index in [2.05, 4.69) is 9.71 Å². The van der Waals surface area contributed by atoms with Gasteiger partial charge >= 0.3 is 0 Å². The molecular formula is C11H14N2O2S. The molecule has 1 heterocycles. The molecule has 0 fully saturated rings. The summed E-state index contributed by atoms with van der Waals surface area (Å²) in [6.07, 6.45) is 1.79. The van der Waals surface area contributed by atoms with Crippen molar-refractivity contribution < 1.29 is 8.42 Å². The number of fused-ring (bicyclic) bond motifs is 1. The average molecular weight is 238 g/mol. The maximum atomic E-state index is 11.9. The fourth-order valence-corrected chi connectivity index (χ4v) is 2.86. The SMILES string of the molecule is CC(C)NS(=O)(=O)c1ccc2[nH]ccc2c1. The number of rotatable bonds is 3. The van der Waals surface area contributed by atoms with Crippen molar-refractivity contribution in [3.05, 3.63) is 30.5 Å². The van der Waals surface area contributed by atoms with Crippen LogP contribution in [0, 0.1) is 0 Å². The van der Waals surface area contributed by atoms with E-state index in [4.69, 9.17) is 0 Å². The smallest absolute Gasteiger partial charge is 0.240 e. The van der Waals surface area contributed by atoms with Gasteiger partial charge in [-0.25, -0.2) is 13.1 Å². The van der Waals surface area contributed by atoms with Gasteiger partial charge in [-0.1, -0.05) is 0 Å². The van der Waals surface area contributed by atoms with Crippen LogP contribution in [-0.2, 0) is 10.0 Å². The minimum Gasteiger partial charge on any atom is -0.361 e. The van der Waals surface area contributed by atoms with Gasteiger partial charge in [-0.2, -0.15) is 0 Å². The highest BCUT2D eigenvalue weighted by Crippen LogP contribution is 2.17. The number of benzene rings is 1. The minimum atomic E-state index is -3.39. The highest BCUT2D eigenvalue weighted by atomic mass is 32.2. The van der Waals surface area contributed by atoms with Gasteiger partial charge in [0.1, 0.15) is 0 Å². The van der Waals surface area contributed by atoms with Crippen molar-refractivity contribution in [1.82, 2.24) is 9.71 Å². The molecule has 2 rings (SSSR count). The molecule has 0 bridgehead atoms. The van der Waals surface area contributed by atoms with E-state index < -0.39 is 10.0 Å². The lowest BCUT2D eigenvalue weighted by molar-refractivity contribution is 0.570. The van der Waals surface area contributed by atoms with Crippen LogP contribution in [0.25, 0.3) is 10.9 Å². The molecule has 1 aromatic carbocycles. The molecule has 0 radical (unpaired) electrons. The second-order valence-electron chi connectivity index (χ2n) is 4.00. The number of aromatic nitrogens is 1. The van der Waals surface area contributed by atoms with E-state index in [-0.39, 0.29) is 6.04 Å². The summed E-state index contributed by atoms with van der Waals surface area (Å²) in [5.41, 5.74) is 0.934. The molecule has 1 aromatic heterocycles. The molecule has 0 saturated heterocycles. The average Bonchev–Trinajstić information content (AvgIpc) is 2.61. The summed E-state index contributed by atoms with van der Waals surface area (Å²) in [6, 6.07) is 6.78. The van der Waals surface area contributed by atoms with Crippen molar-refractivity contribution in [2.24, 2.45) is 0 Å². The van der Waals surface area contributed by atoms with Gasteiger partial charge in [0.2, 0.25) is 10.0 Å². The third-order valence-electron chi connectivity index (χ3n) is 2.23. The first kappa shape index (κ1) is 11.2. The van der Waals surface area contributed by atoms with Crippen LogP contribution in [0.1, 0.15) is 13.8 Å². The summed E-state index contributed by atoms with van der Waals surface area (Å²) < 4.78 is 26.3. The zero-order chi connectivity index (χ0) is 11.8. The number of H-pyrrole nitrogens is 1. The van der Waals surface area contributed by atoms with E-state index in [1.54, 1.807) is 38.2 Å². The molecule has 4 nitrogen and oxygen atoms in total. The lowest BCUT2D eigenvalue weighted by atomic mass is 10.2. The van der Waals surface area contributed by atoms with Gasteiger partial charge in [-0.15, -0.1) is 0 Å². The molecule has 0 saturated carbocycles. The molecule has 0 amide bonds. The number of hydrogen-bond acceptors (Lipinski definition) is 2. The van der Waals surface area contributed by atoms with E-state index in [9.17, 15) is 8.42 Å². The fourth-order valence-electron chi connectivity index (χ4n) is 1.58. The zero-order valence-electron chi connectivity index (χ0n) is 9.19. The van der Waals surface area contributed by atoms with Crippen LogP contribution >= 0.6 is 0 Å². The van der Waals surface area contributed by atoms with Gasteiger partial charge in [0, 0.05) is 23.1 Å². The molecule has 0 aliphatic carbocycles. The highest BCUT2D eigenvalue weighted by Gasteiger charge is 2.15. The van der Waals surface area contributed by atoms with Crippen molar-refractivity contribution in [1.29, 1.82) is 0 Å². The number of aromatic amines is 1. The summed E-state index contributed by atoms with van der Waals surface area (Å²) in [7, 11) is -3.39. The molecule has 0 unspecified atom stereocenters. The van der Waals surface area contributed by atoms with Crippen LogP contribution in [0.3, 0.4) is 0 Å². The summed E-state index contributed by atoms with van der Waals surface area (Å²) in [6.45, 7) is 3.60. The minimum absolute atomic E-state index is 0.105. The van der Waals surface area contributed by atoms with Crippen LogP contribution in [0.15, 0.2) is 35.4 Å². The molecular weight excluding hydrogens is 224 g/mol. The number of hydrogen-bond donors (Lipinski definition) is 2. The standard InChI is InChI=1S/C11H14N2O2S/c1-8(2)13-16(14,15)10-3-4-11-9(7-10)5-6-12-11/h3-8,12-13H,1-2H3. The normalized spacial score (nSPS) is 12.4. The number of sulfonamides is 1. The van der Waals surface area contributed by atoms with Crippen molar-refractivity contribution in [2.45, 2.75) is 24.8 Å². The predicted molar refractivity (Wildman–Crippen MR) is 63.8 cm³/mol. The summed E-state index contributed by atoms with van der Waals surface area (Å²) in [5, 5.41) is 0.895. The predicted octanol–water partition coefficient (Wildman–Crippen LogP) is 1.85. The second-order valence-corrected chi connectivity index (χ2v) is 5.72. The van der Waals surface area contributed by atoms with Crippen molar-refractivity contribution in [3.63, 3.8) is 0 Å². The Balaban J connectivity index is 2.46. The van der Waals surface area contributed by atoms with Gasteiger partial charge < -0.3 is 4.98 Å². The van der Waals surface area contributed by atoms with E-state index in [0.717, 1.165) is 10.9 Å². The molecule has 16 heavy (non-hydrogen) atoms. The molecule has 5 heteroatoms. The highest BCUT2D eigenvalue weighted by molar-refractivity contribution is 7.89. The Morgan fingerprint density at radius 1 is 1.25 bits per heavy atom. The summed E-state index contributed by atoms with van der Waals surface area (Å²) in [4.78, 5) is 3.32. The molecule has 2 aromatic rings. The van der Waals surface area contributed by atoms with Gasteiger partial charge in [0.25, 0.3) is 0 Å². The van der Waals surface area contributed by atoms with Crippen molar-refractivity contribution >= 4 is 20.9 Å². The Bertz CT molecular complexity index is 599. The molecule has 86 valence electrons. The van der Waals surface area contributed by atoms with Gasteiger partial charge in [0.15, 0.2) is 0 Å². The molecule has 0 aliphatic rings. The third kappa shape index (κ3) is 2.10. The Labute approximate surface area is 94.7 Å². The number of nitrogens with one attached hydrogen (secondary N) is 2. The Hall–Kier alpha value is -1.33. The third-order valence-corrected chi connectivity index (χ3v) is 3.88. The lowest BCUT2D eigenvalue weighted by Crippen LogP contribution is -2.30. The lowest BCUT2D eigenvalue weighted by Gasteiger charge is -2.09. The molecule has 0 spiro atoms. The summed E-state index contributed by atoms with van der Waals surface area (Å²) in [5.74, 6) is 0. The first-order valence-corrected chi connectivity index (χ1v) is 6.57. The second kappa shape index (κ2) is 3.92. The first-order chi connectivity index (χ1) is 7.49. The zero-order valence-corrected chi connectivity index (χ0v) is 10.0. The Morgan fingerprint density at radius 3 is 2.69 bits per heavy atom. The molecule has 0 atom stereocenters. The molecule has 2 N–H and O–H groups in total. The topological polar surface area (TPSA) is 62.0 Å². The largest absolute Gasteiger partial charge is 0.361 e. The van der Waals surface area contributed by atoms with Crippen molar-refractivity contribution in [3.8, 4) is 0 Å². The van der Waals surface area contributed by atoms with E-state index in [1.165, 1.54) is 0 Å². The summed E-state index contributed by atoms with van der Waals surface area (Å²) >= 11 is 0. The van der Waals surface area contributed by atoms with Crippen LogP contribution in [0.4, 0.5) is 0 Å². The van der Waals surface area contributed by atoms with Gasteiger partial charge in [-0.05, 0) is 38.1 Å². The van der Waals surface area contributed by atoms with Gasteiger partial charge in [0.05, 0.1) is 4.90 Å². The molecule has 0 aliphatic heterocycles. The van der Waals surface area contributed by atoms with Crippen LogP contribution in [-0.4, -0.2) is 19.4 Å². The van der Waals surface area contributed by atoms with E-state index in [1.807, 2.05) is 6.07 Å². The van der Waals surface area contributed by atoms with E-state index in [0.29, 0.717) is 4.90 Å². The van der Waals surface area contributed by atoms with Gasteiger partial charge in [-0.3, -0.25) is 0 Å². The Kier molecular flexibility index (Phi) is 2.73. The van der Waals surface area contributed by atoms with Crippen LogP contribution in [0.2, 0.25) is 0 Å².